The minimum atomic E-state index is -0.346. The molecule has 0 bridgehead atoms. The molecule has 0 unspecified atom stereocenters. The van der Waals surface area contributed by atoms with Crippen LogP contribution in [0.5, 0.6) is 11.5 Å². The summed E-state index contributed by atoms with van der Waals surface area (Å²) >= 11 is 0. The Balaban J connectivity index is 1.04. The van der Waals surface area contributed by atoms with Gasteiger partial charge in [-0.1, -0.05) is 133 Å². The molecule has 0 aliphatic heterocycles. The number of hydrogen-bond acceptors (Lipinski definition) is 3. The predicted octanol–water partition coefficient (Wildman–Crippen LogP) is 12.1. The van der Waals surface area contributed by atoms with Crippen molar-refractivity contribution in [1.82, 2.24) is 0 Å². The van der Waals surface area contributed by atoms with E-state index in [2.05, 4.69) is 6.58 Å². The molecule has 3 aromatic carbocycles. The number of carbonyl (C=O) groups excluding carboxylic acids is 1. The topological polar surface area (TPSA) is 35.5 Å². The van der Waals surface area contributed by atoms with Crippen molar-refractivity contribution in [2.75, 3.05) is 13.2 Å². The average molecular weight is 613 g/mol. The molecule has 4 heteroatoms. The number of halogens is 1. The number of carbonyl (C=O) groups is 1. The van der Waals surface area contributed by atoms with Gasteiger partial charge in [0.15, 0.2) is 5.78 Å². The summed E-state index contributed by atoms with van der Waals surface area (Å²) in [7, 11) is 0. The van der Waals surface area contributed by atoms with Crippen LogP contribution in [0, 0.1) is 5.82 Å². The van der Waals surface area contributed by atoms with Crippen molar-refractivity contribution in [2.45, 2.75) is 103 Å². The van der Waals surface area contributed by atoms with Crippen LogP contribution in [0.1, 0.15) is 124 Å². The van der Waals surface area contributed by atoms with E-state index < -0.39 is 0 Å². The lowest BCUT2D eigenvalue weighted by atomic mass is 10.0. The first-order valence-electron chi connectivity index (χ1n) is 17.2. The van der Waals surface area contributed by atoms with Crippen molar-refractivity contribution in [2.24, 2.45) is 0 Å². The van der Waals surface area contributed by atoms with E-state index >= 15 is 0 Å². The van der Waals surface area contributed by atoms with Crippen molar-refractivity contribution < 1.29 is 18.7 Å². The molecule has 0 amide bonds. The average Bonchev–Trinajstić information content (AvgIpc) is 3.07. The van der Waals surface area contributed by atoms with Gasteiger partial charge in [-0.3, -0.25) is 4.79 Å². The Hall–Kier alpha value is -3.66. The summed E-state index contributed by atoms with van der Waals surface area (Å²) in [6.07, 6.45) is 26.1. The smallest absolute Gasteiger partial charge is 0.185 e. The van der Waals surface area contributed by atoms with Crippen LogP contribution >= 0.6 is 0 Å². The van der Waals surface area contributed by atoms with Crippen molar-refractivity contribution in [3.05, 3.63) is 108 Å². The number of allylic oxidation sites excluding steroid dienone is 1. The quantitative estimate of drug-likeness (QED) is 0.0542. The molecule has 0 saturated heterocycles. The van der Waals surface area contributed by atoms with Crippen molar-refractivity contribution in [1.29, 1.82) is 0 Å². The van der Waals surface area contributed by atoms with Crippen LogP contribution in [0.25, 0.3) is 12.2 Å². The van der Waals surface area contributed by atoms with E-state index in [-0.39, 0.29) is 11.6 Å². The van der Waals surface area contributed by atoms with E-state index in [0.29, 0.717) is 5.56 Å². The molecule has 0 saturated carbocycles. The Labute approximate surface area is 271 Å². The van der Waals surface area contributed by atoms with Crippen LogP contribution in [0.2, 0.25) is 0 Å². The van der Waals surface area contributed by atoms with Crippen molar-refractivity contribution in [3.63, 3.8) is 0 Å². The van der Waals surface area contributed by atoms with Crippen LogP contribution in [-0.2, 0) is 0 Å². The van der Waals surface area contributed by atoms with Gasteiger partial charge in [-0.2, -0.15) is 0 Å². The van der Waals surface area contributed by atoms with Gasteiger partial charge in [0, 0.05) is 5.56 Å². The normalized spacial score (nSPS) is 11.1. The molecule has 3 nitrogen and oxygen atoms in total. The van der Waals surface area contributed by atoms with E-state index in [9.17, 15) is 9.18 Å². The largest absolute Gasteiger partial charge is 0.494 e. The molecule has 242 valence electrons. The number of ether oxygens (including phenoxy) is 2. The van der Waals surface area contributed by atoms with Gasteiger partial charge in [0.25, 0.3) is 0 Å². The molecular formula is C41H53FO3. The molecule has 0 aliphatic rings. The van der Waals surface area contributed by atoms with Crippen molar-refractivity contribution in [3.8, 4) is 11.5 Å². The van der Waals surface area contributed by atoms with Gasteiger partial charge in [-0.05, 0) is 78.6 Å². The van der Waals surface area contributed by atoms with E-state index in [0.717, 1.165) is 48.7 Å². The van der Waals surface area contributed by atoms with Gasteiger partial charge in [0.1, 0.15) is 17.3 Å². The Morgan fingerprint density at radius 3 is 1.31 bits per heavy atom. The summed E-state index contributed by atoms with van der Waals surface area (Å²) in [6, 6.07) is 21.5. The number of benzene rings is 3. The Morgan fingerprint density at radius 2 is 0.911 bits per heavy atom. The second-order valence-corrected chi connectivity index (χ2v) is 11.9. The van der Waals surface area contributed by atoms with E-state index in [1.54, 1.807) is 6.08 Å². The molecule has 0 radical (unpaired) electrons. The molecule has 0 atom stereocenters. The van der Waals surface area contributed by atoms with Gasteiger partial charge in [-0.15, -0.1) is 0 Å². The first-order chi connectivity index (χ1) is 22.1. The summed E-state index contributed by atoms with van der Waals surface area (Å²) in [5.74, 6) is 1.31. The zero-order valence-corrected chi connectivity index (χ0v) is 27.2. The lowest BCUT2D eigenvalue weighted by Gasteiger charge is -2.07. The van der Waals surface area contributed by atoms with Gasteiger partial charge < -0.3 is 9.47 Å². The fourth-order valence-corrected chi connectivity index (χ4v) is 5.32. The highest BCUT2D eigenvalue weighted by Crippen LogP contribution is 2.17. The molecule has 3 rings (SSSR count). The summed E-state index contributed by atoms with van der Waals surface area (Å²) in [6.45, 7) is 5.33. The maximum atomic E-state index is 13.0. The molecule has 0 spiro atoms. The number of ketones is 1. The minimum Gasteiger partial charge on any atom is -0.494 e. The summed E-state index contributed by atoms with van der Waals surface area (Å²) in [5.41, 5.74) is 2.53. The second kappa shape index (κ2) is 22.8. The molecule has 45 heavy (non-hydrogen) atoms. The SMILES string of the molecule is C=Cc1ccc(OCCCCCCCCCCCCCCCCCCOc2ccc(C=CC(=O)c3ccc(F)cc3)cc2)cc1. The van der Waals surface area contributed by atoms with Crippen LogP contribution in [0.3, 0.4) is 0 Å². The minimum absolute atomic E-state index is 0.145. The second-order valence-electron chi connectivity index (χ2n) is 11.9. The third-order valence-corrected chi connectivity index (χ3v) is 8.13. The van der Waals surface area contributed by atoms with Gasteiger partial charge in [0.05, 0.1) is 13.2 Å². The number of rotatable bonds is 25. The van der Waals surface area contributed by atoms with Gasteiger partial charge >= 0.3 is 0 Å². The van der Waals surface area contributed by atoms with Gasteiger partial charge in [-0.25, -0.2) is 4.39 Å². The third kappa shape index (κ3) is 16.3. The molecule has 0 N–H and O–H groups in total. The third-order valence-electron chi connectivity index (χ3n) is 8.13. The molecule has 0 aliphatic carbocycles. The van der Waals surface area contributed by atoms with Gasteiger partial charge in [0.2, 0.25) is 0 Å². The van der Waals surface area contributed by atoms with Crippen LogP contribution in [0.15, 0.2) is 85.5 Å². The number of unbranched alkanes of at least 4 members (excludes halogenated alkanes) is 15. The highest BCUT2D eigenvalue weighted by atomic mass is 19.1. The zero-order valence-electron chi connectivity index (χ0n) is 27.2. The maximum absolute atomic E-state index is 13.0. The fourth-order valence-electron chi connectivity index (χ4n) is 5.32. The number of hydrogen-bond donors (Lipinski definition) is 0. The highest BCUT2D eigenvalue weighted by molar-refractivity contribution is 6.06. The lowest BCUT2D eigenvalue weighted by Crippen LogP contribution is -1.97. The van der Waals surface area contributed by atoms with Crippen LogP contribution in [-0.4, -0.2) is 19.0 Å². The monoisotopic (exact) mass is 612 g/mol. The summed E-state index contributed by atoms with van der Waals surface area (Å²) in [5, 5.41) is 0. The first kappa shape index (κ1) is 35.8. The standard InChI is InChI=1S/C41H53FO3/c1-2-35-19-28-39(29-20-35)44-33-17-15-13-11-9-7-5-3-4-6-8-10-12-14-16-18-34-45-40-30-21-36(22-31-40)23-32-41(43)37-24-26-38(42)27-25-37/h2,19-32H,1,3-18,33-34H2. The predicted molar refractivity (Wildman–Crippen MR) is 188 cm³/mol. The Bertz CT molecular complexity index is 1230. The van der Waals surface area contributed by atoms with Crippen LogP contribution < -0.4 is 9.47 Å². The highest BCUT2D eigenvalue weighted by Gasteiger charge is 2.02. The Kier molecular flexibility index (Phi) is 18.1. The molecule has 3 aromatic rings. The molecule has 0 heterocycles. The zero-order chi connectivity index (χ0) is 31.8. The van der Waals surface area contributed by atoms with E-state index in [1.807, 2.05) is 54.6 Å². The van der Waals surface area contributed by atoms with E-state index in [1.165, 1.54) is 120 Å². The Morgan fingerprint density at radius 1 is 0.533 bits per heavy atom. The van der Waals surface area contributed by atoms with Crippen molar-refractivity contribution >= 4 is 17.9 Å². The van der Waals surface area contributed by atoms with E-state index in [4.69, 9.17) is 9.47 Å². The summed E-state index contributed by atoms with van der Waals surface area (Å²) in [4.78, 5) is 12.2. The summed E-state index contributed by atoms with van der Waals surface area (Å²) < 4.78 is 24.7. The fraction of sp³-hybridized carbons (Fsp3) is 0.439. The lowest BCUT2D eigenvalue weighted by molar-refractivity contribution is 0.104. The first-order valence-corrected chi connectivity index (χ1v) is 17.2. The molecule has 0 fully saturated rings. The maximum Gasteiger partial charge on any atom is 0.185 e. The molecule has 0 aromatic heterocycles. The molecular weight excluding hydrogens is 559 g/mol. The van der Waals surface area contributed by atoms with Crippen LogP contribution in [0.4, 0.5) is 4.39 Å².